The van der Waals surface area contributed by atoms with Crippen LogP contribution in [-0.2, 0) is 16.4 Å². The average molecular weight is 365 g/mol. The summed E-state index contributed by atoms with van der Waals surface area (Å²) >= 11 is 3.47. The monoisotopic (exact) mass is 364 g/mol. The molecule has 0 saturated heterocycles. The molecule has 3 rings (SSSR count). The number of hydrogen-bond donors (Lipinski definition) is 2. The molecule has 108 valence electrons. The lowest BCUT2D eigenvalue weighted by molar-refractivity contribution is 0.598. The third-order valence-corrected chi connectivity index (χ3v) is 4.80. The lowest BCUT2D eigenvalue weighted by Crippen LogP contribution is -2.11. The maximum atomic E-state index is 11.2. The molecule has 3 N–H and O–H groups in total. The summed E-state index contributed by atoms with van der Waals surface area (Å²) in [7, 11) is -3.63. The fourth-order valence-electron chi connectivity index (χ4n) is 2.31. The van der Waals surface area contributed by atoms with Crippen LogP contribution in [0.15, 0.2) is 58.0 Å². The van der Waals surface area contributed by atoms with E-state index in [4.69, 9.17) is 5.14 Å². The van der Waals surface area contributed by atoms with Crippen molar-refractivity contribution in [3.63, 3.8) is 0 Å². The van der Waals surface area contributed by atoms with Gasteiger partial charge in [0.2, 0.25) is 10.0 Å². The zero-order valence-corrected chi connectivity index (χ0v) is 13.4. The molecular weight excluding hydrogens is 352 g/mol. The fraction of sp³-hybridized carbons (Fsp3) is 0.0667. The fourth-order valence-corrected chi connectivity index (χ4v) is 3.19. The Balaban J connectivity index is 1.93. The van der Waals surface area contributed by atoms with Gasteiger partial charge < -0.3 is 4.98 Å². The van der Waals surface area contributed by atoms with Crippen LogP contribution in [0.1, 0.15) is 11.1 Å². The SMILES string of the molecule is NS(=O)(=O)c1ccc(Cc2c[nH]c3ccc(Br)cc23)cc1. The summed E-state index contributed by atoms with van der Waals surface area (Å²) in [5.41, 5.74) is 3.27. The summed E-state index contributed by atoms with van der Waals surface area (Å²) in [6, 6.07) is 12.7. The number of nitrogens with two attached hydrogens (primary N) is 1. The number of sulfonamides is 1. The molecule has 0 unspecified atom stereocenters. The molecule has 4 nitrogen and oxygen atoms in total. The number of H-pyrrole nitrogens is 1. The molecule has 1 aromatic heterocycles. The molecule has 0 aliphatic carbocycles. The molecule has 2 aromatic carbocycles. The van der Waals surface area contributed by atoms with E-state index < -0.39 is 10.0 Å². The van der Waals surface area contributed by atoms with Crippen molar-refractivity contribution in [3.05, 3.63) is 64.3 Å². The predicted molar refractivity (Wildman–Crippen MR) is 86.6 cm³/mol. The van der Waals surface area contributed by atoms with Crippen molar-refractivity contribution in [2.45, 2.75) is 11.3 Å². The van der Waals surface area contributed by atoms with Gasteiger partial charge in [-0.1, -0.05) is 28.1 Å². The van der Waals surface area contributed by atoms with Crippen LogP contribution >= 0.6 is 15.9 Å². The first kappa shape index (κ1) is 14.3. The normalized spacial score (nSPS) is 11.9. The highest BCUT2D eigenvalue weighted by Gasteiger charge is 2.08. The molecule has 0 aliphatic rings. The van der Waals surface area contributed by atoms with Gasteiger partial charge in [0.25, 0.3) is 0 Å². The molecule has 0 saturated carbocycles. The van der Waals surface area contributed by atoms with Gasteiger partial charge in [-0.15, -0.1) is 0 Å². The molecule has 1 heterocycles. The van der Waals surface area contributed by atoms with Crippen LogP contribution in [0.3, 0.4) is 0 Å². The Morgan fingerprint density at radius 1 is 1.10 bits per heavy atom. The number of aromatic nitrogens is 1. The quantitative estimate of drug-likeness (QED) is 0.748. The van der Waals surface area contributed by atoms with Crippen molar-refractivity contribution in [1.82, 2.24) is 4.98 Å². The highest BCUT2D eigenvalue weighted by molar-refractivity contribution is 9.10. The minimum Gasteiger partial charge on any atom is -0.361 e. The molecule has 0 fully saturated rings. The number of halogens is 1. The van der Waals surface area contributed by atoms with Crippen LogP contribution in [0.25, 0.3) is 10.9 Å². The number of primary sulfonamides is 1. The number of aromatic amines is 1. The minimum absolute atomic E-state index is 0.132. The van der Waals surface area contributed by atoms with Crippen LogP contribution in [-0.4, -0.2) is 13.4 Å². The third kappa shape index (κ3) is 3.02. The summed E-state index contributed by atoms with van der Waals surface area (Å²) in [6.07, 6.45) is 2.70. The molecular formula is C15H13BrN2O2S. The summed E-state index contributed by atoms with van der Waals surface area (Å²) in [5.74, 6) is 0. The number of benzene rings is 2. The zero-order valence-electron chi connectivity index (χ0n) is 11.0. The van der Waals surface area contributed by atoms with Gasteiger partial charge in [0.1, 0.15) is 0 Å². The second-order valence-corrected chi connectivity index (χ2v) is 7.35. The zero-order chi connectivity index (χ0) is 15.0. The third-order valence-electron chi connectivity index (χ3n) is 3.38. The van der Waals surface area contributed by atoms with Crippen molar-refractivity contribution in [1.29, 1.82) is 0 Å². The molecule has 0 aliphatic heterocycles. The number of fused-ring (bicyclic) bond motifs is 1. The van der Waals surface area contributed by atoms with E-state index >= 15 is 0 Å². The standard InChI is InChI=1S/C15H13BrN2O2S/c16-12-3-6-15-14(8-12)11(9-18-15)7-10-1-4-13(5-2-10)21(17,19)20/h1-6,8-9,18H,7H2,(H2,17,19,20). The van der Waals surface area contributed by atoms with Crippen molar-refractivity contribution in [2.75, 3.05) is 0 Å². The predicted octanol–water partition coefficient (Wildman–Crippen LogP) is 3.17. The van der Waals surface area contributed by atoms with Gasteiger partial charge in [0.05, 0.1) is 4.90 Å². The summed E-state index contributed by atoms with van der Waals surface area (Å²) < 4.78 is 23.5. The molecule has 0 radical (unpaired) electrons. The molecule has 0 atom stereocenters. The van der Waals surface area contributed by atoms with Crippen molar-refractivity contribution >= 4 is 36.9 Å². The highest BCUT2D eigenvalue weighted by Crippen LogP contribution is 2.24. The first-order chi connectivity index (χ1) is 9.93. The maximum absolute atomic E-state index is 11.2. The average Bonchev–Trinajstić information content (AvgIpc) is 2.81. The molecule has 21 heavy (non-hydrogen) atoms. The Morgan fingerprint density at radius 2 is 1.81 bits per heavy atom. The van der Waals surface area contributed by atoms with E-state index in [1.165, 1.54) is 12.1 Å². The summed E-state index contributed by atoms with van der Waals surface area (Å²) in [6.45, 7) is 0. The van der Waals surface area contributed by atoms with Crippen molar-refractivity contribution in [2.24, 2.45) is 5.14 Å². The topological polar surface area (TPSA) is 76.0 Å². The molecule has 0 spiro atoms. The van der Waals surface area contributed by atoms with E-state index in [0.717, 1.165) is 32.9 Å². The van der Waals surface area contributed by atoms with Crippen molar-refractivity contribution < 1.29 is 8.42 Å². The smallest absolute Gasteiger partial charge is 0.238 e. The van der Waals surface area contributed by atoms with E-state index in [1.807, 2.05) is 18.3 Å². The maximum Gasteiger partial charge on any atom is 0.238 e. The molecule has 0 amide bonds. The second-order valence-electron chi connectivity index (χ2n) is 4.87. The first-order valence-corrected chi connectivity index (χ1v) is 8.65. The lowest BCUT2D eigenvalue weighted by atomic mass is 10.0. The second kappa shape index (κ2) is 5.29. The van der Waals surface area contributed by atoms with E-state index in [9.17, 15) is 8.42 Å². The van der Waals surface area contributed by atoms with Gasteiger partial charge in [-0.2, -0.15) is 0 Å². The van der Waals surface area contributed by atoms with Gasteiger partial charge >= 0.3 is 0 Å². The van der Waals surface area contributed by atoms with Gasteiger partial charge in [0, 0.05) is 21.6 Å². The van der Waals surface area contributed by atoms with Crippen LogP contribution in [0.5, 0.6) is 0 Å². The van der Waals surface area contributed by atoms with Crippen molar-refractivity contribution in [3.8, 4) is 0 Å². The molecule has 3 aromatic rings. The van der Waals surface area contributed by atoms with E-state index in [2.05, 4.69) is 27.0 Å². The van der Waals surface area contributed by atoms with Gasteiger partial charge in [-0.3, -0.25) is 0 Å². The van der Waals surface area contributed by atoms with E-state index in [-0.39, 0.29) is 4.90 Å². The van der Waals surface area contributed by atoms with E-state index in [0.29, 0.717) is 0 Å². The van der Waals surface area contributed by atoms with Crippen LogP contribution in [0, 0.1) is 0 Å². The van der Waals surface area contributed by atoms with Crippen LogP contribution in [0.2, 0.25) is 0 Å². The molecule has 0 bridgehead atoms. The van der Waals surface area contributed by atoms with Gasteiger partial charge in [-0.05, 0) is 47.9 Å². The Kier molecular flexibility index (Phi) is 3.61. The summed E-state index contributed by atoms with van der Waals surface area (Å²) in [5, 5.41) is 6.25. The first-order valence-electron chi connectivity index (χ1n) is 6.31. The number of hydrogen-bond acceptors (Lipinski definition) is 2. The van der Waals surface area contributed by atoms with Gasteiger partial charge in [-0.25, -0.2) is 13.6 Å². The Bertz CT molecular complexity index is 899. The molecule has 6 heteroatoms. The number of rotatable bonds is 3. The van der Waals surface area contributed by atoms with Gasteiger partial charge in [0.15, 0.2) is 0 Å². The summed E-state index contributed by atoms with van der Waals surface area (Å²) in [4.78, 5) is 3.37. The largest absolute Gasteiger partial charge is 0.361 e. The Hall–Kier alpha value is -1.63. The lowest BCUT2D eigenvalue weighted by Gasteiger charge is -2.03. The van der Waals surface area contributed by atoms with E-state index in [1.54, 1.807) is 12.1 Å². The van der Waals surface area contributed by atoms with Crippen LogP contribution in [0.4, 0.5) is 0 Å². The number of nitrogens with one attached hydrogen (secondary N) is 1. The Morgan fingerprint density at radius 3 is 2.48 bits per heavy atom. The Labute approximate surface area is 131 Å². The minimum atomic E-state index is -3.63. The highest BCUT2D eigenvalue weighted by atomic mass is 79.9. The van der Waals surface area contributed by atoms with Crippen LogP contribution < -0.4 is 5.14 Å².